The maximum absolute atomic E-state index is 12.3. The highest BCUT2D eigenvalue weighted by Gasteiger charge is 2.13. The maximum atomic E-state index is 12.3. The number of nitrogens with one attached hydrogen (secondary N) is 1. The molecule has 1 aliphatic carbocycles. The van der Waals surface area contributed by atoms with Crippen molar-refractivity contribution in [2.24, 2.45) is 0 Å². The number of nitrogens with zero attached hydrogens (tertiary/aromatic N) is 2. The fourth-order valence-electron chi connectivity index (χ4n) is 3.15. The molecule has 25 heavy (non-hydrogen) atoms. The predicted octanol–water partition coefficient (Wildman–Crippen LogP) is 4.47. The third kappa shape index (κ3) is 3.55. The van der Waals surface area contributed by atoms with E-state index in [0.29, 0.717) is 5.75 Å². The zero-order valence-corrected chi connectivity index (χ0v) is 15.7. The molecule has 0 saturated heterocycles. The lowest BCUT2D eigenvalue weighted by Crippen LogP contribution is -2.14. The summed E-state index contributed by atoms with van der Waals surface area (Å²) in [5, 5.41) is 4.94. The molecule has 1 aromatic carbocycles. The van der Waals surface area contributed by atoms with Crippen molar-refractivity contribution in [2.45, 2.75) is 37.6 Å². The van der Waals surface area contributed by atoms with E-state index in [4.69, 9.17) is 0 Å². The number of thioether (sulfide) groups is 1. The molecule has 6 heteroatoms. The number of amides is 1. The Labute approximate surface area is 155 Å². The predicted molar refractivity (Wildman–Crippen MR) is 105 cm³/mol. The number of fused-ring (bicyclic) bond motifs is 2. The van der Waals surface area contributed by atoms with Crippen LogP contribution >= 0.6 is 23.1 Å². The lowest BCUT2D eigenvalue weighted by Gasteiger charge is -2.07. The summed E-state index contributed by atoms with van der Waals surface area (Å²) in [5.41, 5.74) is 3.68. The summed E-state index contributed by atoms with van der Waals surface area (Å²) in [7, 11) is 0. The fraction of sp³-hybridized carbons (Fsp3) is 0.316. The second kappa shape index (κ2) is 7.14. The number of hydrogen-bond donors (Lipinski definition) is 1. The molecule has 4 rings (SSSR count). The number of anilines is 1. The summed E-state index contributed by atoms with van der Waals surface area (Å²) in [6.45, 7) is 2.13. The van der Waals surface area contributed by atoms with Gasteiger partial charge in [-0.1, -0.05) is 24.8 Å². The van der Waals surface area contributed by atoms with E-state index in [1.807, 2.05) is 6.07 Å². The highest BCUT2D eigenvalue weighted by molar-refractivity contribution is 8.00. The molecular formula is C19H19N3OS2. The minimum atomic E-state index is 0.000605. The van der Waals surface area contributed by atoms with Crippen LogP contribution < -0.4 is 5.32 Å². The van der Waals surface area contributed by atoms with Gasteiger partial charge in [0.15, 0.2) is 0 Å². The Morgan fingerprint density at radius 2 is 2.12 bits per heavy atom. The second-order valence-electron chi connectivity index (χ2n) is 6.14. The molecule has 1 N–H and O–H groups in total. The Balaban J connectivity index is 1.43. The van der Waals surface area contributed by atoms with Gasteiger partial charge in [-0.15, -0.1) is 11.3 Å². The number of carbonyl (C=O) groups is 1. The molecule has 3 aromatic rings. The van der Waals surface area contributed by atoms with E-state index in [2.05, 4.69) is 40.4 Å². The molecule has 0 spiro atoms. The topological polar surface area (TPSA) is 54.9 Å². The third-order valence-corrected chi connectivity index (χ3v) is 6.61. The highest BCUT2D eigenvalue weighted by Crippen LogP contribution is 2.31. The zero-order chi connectivity index (χ0) is 17.2. The Morgan fingerprint density at radius 3 is 3.00 bits per heavy atom. The van der Waals surface area contributed by atoms with Gasteiger partial charge in [0.05, 0.1) is 5.75 Å². The maximum Gasteiger partial charge on any atom is 0.234 e. The first-order valence-electron chi connectivity index (χ1n) is 8.51. The van der Waals surface area contributed by atoms with Crippen molar-refractivity contribution in [3.63, 3.8) is 0 Å². The van der Waals surface area contributed by atoms with Crippen LogP contribution in [0.5, 0.6) is 0 Å². The summed E-state index contributed by atoms with van der Waals surface area (Å²) in [5.74, 6) is 0.348. The van der Waals surface area contributed by atoms with Crippen LogP contribution in [0.15, 0.2) is 35.6 Å². The smallest absolute Gasteiger partial charge is 0.234 e. The second-order valence-corrected chi connectivity index (χ2v) is 8.22. The molecular weight excluding hydrogens is 350 g/mol. The number of hydrogen-bond acceptors (Lipinski definition) is 5. The van der Waals surface area contributed by atoms with E-state index in [0.717, 1.165) is 40.2 Å². The minimum absolute atomic E-state index is 0.000605. The van der Waals surface area contributed by atoms with Gasteiger partial charge in [0.25, 0.3) is 0 Å². The summed E-state index contributed by atoms with van der Waals surface area (Å²) in [6.07, 6.45) is 6.06. The van der Waals surface area contributed by atoms with E-state index in [1.54, 1.807) is 17.7 Å². The average Bonchev–Trinajstić information content (AvgIpc) is 3.25. The molecule has 0 aliphatic heterocycles. The first kappa shape index (κ1) is 16.5. The number of thiophene rings is 1. The summed E-state index contributed by atoms with van der Waals surface area (Å²) >= 11 is 3.16. The molecule has 0 unspecified atom stereocenters. The van der Waals surface area contributed by atoms with Crippen LogP contribution in [-0.4, -0.2) is 21.6 Å². The first-order chi connectivity index (χ1) is 12.2. The van der Waals surface area contributed by atoms with Gasteiger partial charge < -0.3 is 5.32 Å². The van der Waals surface area contributed by atoms with Gasteiger partial charge in [-0.2, -0.15) is 0 Å². The van der Waals surface area contributed by atoms with Crippen molar-refractivity contribution < 1.29 is 4.79 Å². The lowest BCUT2D eigenvalue weighted by atomic mass is 10.1. The van der Waals surface area contributed by atoms with Crippen molar-refractivity contribution in [1.29, 1.82) is 0 Å². The van der Waals surface area contributed by atoms with E-state index in [-0.39, 0.29) is 5.91 Å². The van der Waals surface area contributed by atoms with Crippen LogP contribution in [0.4, 0.5) is 5.69 Å². The van der Waals surface area contributed by atoms with Gasteiger partial charge in [-0.05, 0) is 55.0 Å². The quantitative estimate of drug-likeness (QED) is 0.532. The Hall–Kier alpha value is -1.92. The fourth-order valence-corrected chi connectivity index (χ4v) is 4.93. The molecule has 128 valence electrons. The standard InChI is InChI=1S/C19H19N3OS2/c1-2-15-9-16-18(20-11-21-19(16)25-15)24-10-17(23)22-14-7-6-12-4-3-5-13(12)8-14/h6-9,11H,2-5,10H2,1H3,(H,22,23). The van der Waals surface area contributed by atoms with Crippen molar-refractivity contribution in [3.8, 4) is 0 Å². The number of aryl methyl sites for hydroxylation is 3. The average molecular weight is 370 g/mol. The van der Waals surface area contributed by atoms with Gasteiger partial charge in [0.2, 0.25) is 5.91 Å². The molecule has 0 saturated carbocycles. The van der Waals surface area contributed by atoms with Crippen LogP contribution in [0.25, 0.3) is 10.2 Å². The van der Waals surface area contributed by atoms with E-state index >= 15 is 0 Å². The monoisotopic (exact) mass is 369 g/mol. The molecule has 1 amide bonds. The molecule has 4 nitrogen and oxygen atoms in total. The molecule has 0 atom stereocenters. The van der Waals surface area contributed by atoms with Crippen molar-refractivity contribution in [3.05, 3.63) is 46.6 Å². The highest BCUT2D eigenvalue weighted by atomic mass is 32.2. The van der Waals surface area contributed by atoms with Crippen LogP contribution in [-0.2, 0) is 24.1 Å². The van der Waals surface area contributed by atoms with E-state index in [9.17, 15) is 4.79 Å². The Morgan fingerprint density at radius 1 is 1.24 bits per heavy atom. The minimum Gasteiger partial charge on any atom is -0.325 e. The van der Waals surface area contributed by atoms with Gasteiger partial charge in [0.1, 0.15) is 16.2 Å². The molecule has 0 radical (unpaired) electrons. The molecule has 0 bridgehead atoms. The number of rotatable bonds is 5. The van der Waals surface area contributed by atoms with Gasteiger partial charge in [-0.3, -0.25) is 4.79 Å². The van der Waals surface area contributed by atoms with Crippen LogP contribution in [0, 0.1) is 0 Å². The molecule has 0 fully saturated rings. The van der Waals surface area contributed by atoms with E-state index in [1.165, 1.54) is 34.2 Å². The number of carbonyl (C=O) groups excluding carboxylic acids is 1. The van der Waals surface area contributed by atoms with Gasteiger partial charge >= 0.3 is 0 Å². The first-order valence-corrected chi connectivity index (χ1v) is 10.3. The lowest BCUT2D eigenvalue weighted by molar-refractivity contribution is -0.113. The third-order valence-electron chi connectivity index (χ3n) is 4.41. The molecule has 2 aromatic heterocycles. The summed E-state index contributed by atoms with van der Waals surface area (Å²) in [6, 6.07) is 8.39. The van der Waals surface area contributed by atoms with E-state index < -0.39 is 0 Å². The van der Waals surface area contributed by atoms with Gasteiger partial charge in [0, 0.05) is 16.0 Å². The van der Waals surface area contributed by atoms with Crippen LogP contribution in [0.3, 0.4) is 0 Å². The molecule has 2 heterocycles. The Kier molecular flexibility index (Phi) is 4.72. The van der Waals surface area contributed by atoms with Crippen LogP contribution in [0.1, 0.15) is 29.3 Å². The number of aromatic nitrogens is 2. The molecule has 1 aliphatic rings. The van der Waals surface area contributed by atoms with Gasteiger partial charge in [-0.25, -0.2) is 9.97 Å². The SMILES string of the molecule is CCc1cc2c(SCC(=O)Nc3ccc4c(c3)CCC4)ncnc2s1. The number of benzene rings is 1. The Bertz CT molecular complexity index is 936. The normalized spacial score (nSPS) is 13.2. The zero-order valence-electron chi connectivity index (χ0n) is 14.0. The summed E-state index contributed by atoms with van der Waals surface area (Å²) in [4.78, 5) is 23.3. The van der Waals surface area contributed by atoms with Crippen molar-refractivity contribution >= 4 is 44.9 Å². The largest absolute Gasteiger partial charge is 0.325 e. The van der Waals surface area contributed by atoms with Crippen LogP contribution in [0.2, 0.25) is 0 Å². The summed E-state index contributed by atoms with van der Waals surface area (Å²) < 4.78 is 0. The van der Waals surface area contributed by atoms with Crippen molar-refractivity contribution in [2.75, 3.05) is 11.1 Å². The van der Waals surface area contributed by atoms with Crippen molar-refractivity contribution in [1.82, 2.24) is 9.97 Å².